The van der Waals surface area contributed by atoms with E-state index in [4.69, 9.17) is 18.6 Å². The van der Waals surface area contributed by atoms with E-state index < -0.39 is 43.6 Å². The van der Waals surface area contributed by atoms with Crippen molar-refractivity contribution in [2.75, 3.05) is 13.2 Å². The van der Waals surface area contributed by atoms with Gasteiger partial charge in [-0.25, -0.2) is 4.79 Å². The van der Waals surface area contributed by atoms with Gasteiger partial charge in [-0.05, 0) is 49.0 Å². The van der Waals surface area contributed by atoms with Crippen molar-refractivity contribution in [2.24, 2.45) is 0 Å². The van der Waals surface area contributed by atoms with Gasteiger partial charge in [0, 0.05) is 18.4 Å². The van der Waals surface area contributed by atoms with E-state index in [0.717, 1.165) is 11.1 Å². The van der Waals surface area contributed by atoms with E-state index in [0.29, 0.717) is 31.6 Å². The highest BCUT2D eigenvalue weighted by molar-refractivity contribution is 6.74. The molecule has 0 saturated carbocycles. The van der Waals surface area contributed by atoms with Crippen LogP contribution in [-0.4, -0.2) is 54.0 Å². The smallest absolute Gasteiger partial charge is 0.330 e. The highest BCUT2D eigenvalue weighted by Crippen LogP contribution is 2.44. The lowest BCUT2D eigenvalue weighted by molar-refractivity contribution is -0.157. The number of hydrogen-bond acceptors (Lipinski definition) is 7. The first-order valence-electron chi connectivity index (χ1n) is 14.9. The first-order valence-corrected chi connectivity index (χ1v) is 17.8. The molecule has 1 aliphatic rings. The highest BCUT2D eigenvalue weighted by Gasteiger charge is 2.58. The number of rotatable bonds is 13. The number of aliphatic hydroxyl groups is 1. The van der Waals surface area contributed by atoms with Gasteiger partial charge < -0.3 is 23.7 Å². The molecule has 43 heavy (non-hydrogen) atoms. The Labute approximate surface area is 254 Å². The number of H-pyrrole nitrogens is 1. The van der Waals surface area contributed by atoms with Gasteiger partial charge in [-0.2, -0.15) is 0 Å². The third-order valence-electron chi connectivity index (χ3n) is 8.75. The van der Waals surface area contributed by atoms with Crippen molar-refractivity contribution >= 4 is 8.32 Å². The fourth-order valence-corrected chi connectivity index (χ4v) is 6.15. The Balaban J connectivity index is 1.65. The maximum Gasteiger partial charge on any atom is 0.330 e. The summed E-state index contributed by atoms with van der Waals surface area (Å²) >= 11 is 0. The van der Waals surface area contributed by atoms with Crippen LogP contribution in [0, 0.1) is 6.92 Å². The second-order valence-corrected chi connectivity index (χ2v) is 17.7. The topological polar surface area (TPSA) is 112 Å². The van der Waals surface area contributed by atoms with E-state index >= 15 is 0 Å². The minimum Gasteiger partial charge on any atom is -0.417 e. The zero-order valence-corrected chi connectivity index (χ0v) is 27.2. The number of aromatic amines is 1. The zero-order chi connectivity index (χ0) is 31.3. The summed E-state index contributed by atoms with van der Waals surface area (Å²) in [5.74, 6) is 0. The van der Waals surface area contributed by atoms with Crippen LogP contribution in [0.1, 0.15) is 56.5 Å². The van der Waals surface area contributed by atoms with E-state index in [9.17, 15) is 14.7 Å². The molecule has 1 saturated heterocycles. The number of benzene rings is 2. The van der Waals surface area contributed by atoms with Gasteiger partial charge in [0.1, 0.15) is 17.8 Å². The molecule has 4 atom stereocenters. The molecule has 2 heterocycles. The Morgan fingerprint density at radius 2 is 1.60 bits per heavy atom. The molecule has 0 aliphatic carbocycles. The van der Waals surface area contributed by atoms with E-state index in [1.54, 1.807) is 6.92 Å². The van der Waals surface area contributed by atoms with Crippen molar-refractivity contribution in [3.63, 3.8) is 0 Å². The van der Waals surface area contributed by atoms with Crippen molar-refractivity contribution in [2.45, 2.75) is 95.9 Å². The van der Waals surface area contributed by atoms with Crippen molar-refractivity contribution in [3.05, 3.63) is 104 Å². The van der Waals surface area contributed by atoms with Crippen LogP contribution in [0.4, 0.5) is 0 Å². The van der Waals surface area contributed by atoms with Crippen LogP contribution in [-0.2, 0) is 31.9 Å². The molecule has 0 amide bonds. The average molecular weight is 611 g/mol. The lowest BCUT2D eigenvalue weighted by Crippen LogP contribution is -2.52. The summed E-state index contributed by atoms with van der Waals surface area (Å²) < 4.78 is 26.9. The number of aliphatic hydroxyl groups excluding tert-OH is 1. The first kappa shape index (κ1) is 33.0. The first-order chi connectivity index (χ1) is 20.3. The Bertz CT molecular complexity index is 1440. The SMILES string of the molecule is Cc1cn([C@@H]2O[C@H](COCc3ccccc3)[C@@](CCCO[Si](C)(C)C(C)(C)C)(OCc3ccccc3)[C@H]2O)c(=O)[nH]c1=O. The third-order valence-corrected chi connectivity index (χ3v) is 13.3. The monoisotopic (exact) mass is 610 g/mol. The van der Waals surface area contributed by atoms with Gasteiger partial charge in [0.2, 0.25) is 0 Å². The van der Waals surface area contributed by atoms with E-state index in [2.05, 4.69) is 38.8 Å². The van der Waals surface area contributed by atoms with Crippen LogP contribution in [0.25, 0.3) is 0 Å². The van der Waals surface area contributed by atoms with Crippen molar-refractivity contribution in [1.82, 2.24) is 9.55 Å². The van der Waals surface area contributed by atoms with Crippen molar-refractivity contribution in [1.29, 1.82) is 0 Å². The third kappa shape index (κ3) is 7.81. The molecule has 9 nitrogen and oxygen atoms in total. The molecule has 0 radical (unpaired) electrons. The Kier molecular flexibility index (Phi) is 10.6. The van der Waals surface area contributed by atoms with Gasteiger partial charge in [0.15, 0.2) is 14.5 Å². The molecule has 4 rings (SSSR count). The zero-order valence-electron chi connectivity index (χ0n) is 26.2. The molecule has 0 bridgehead atoms. The predicted octanol–water partition coefficient (Wildman–Crippen LogP) is 5.08. The minimum atomic E-state index is -1.99. The van der Waals surface area contributed by atoms with Gasteiger partial charge in [-0.1, -0.05) is 81.4 Å². The molecular weight excluding hydrogens is 564 g/mol. The second-order valence-electron chi connectivity index (χ2n) is 12.9. The number of ether oxygens (including phenoxy) is 3. The number of hydrogen-bond donors (Lipinski definition) is 2. The number of aryl methyl sites for hydroxylation is 1. The maximum absolute atomic E-state index is 12.9. The van der Waals surface area contributed by atoms with E-state index in [1.807, 2.05) is 60.7 Å². The minimum absolute atomic E-state index is 0.0621. The van der Waals surface area contributed by atoms with Gasteiger partial charge in [0.05, 0.1) is 19.8 Å². The summed E-state index contributed by atoms with van der Waals surface area (Å²) in [7, 11) is -1.99. The lowest BCUT2D eigenvalue weighted by atomic mass is 9.86. The molecule has 0 spiro atoms. The molecule has 10 heteroatoms. The van der Waals surface area contributed by atoms with Gasteiger partial charge in [-0.15, -0.1) is 0 Å². The summed E-state index contributed by atoms with van der Waals surface area (Å²) in [6.07, 6.45) is -0.619. The quantitative estimate of drug-likeness (QED) is 0.205. The van der Waals surface area contributed by atoms with Crippen molar-refractivity contribution in [3.8, 4) is 0 Å². The Hall–Kier alpha value is -2.86. The predicted molar refractivity (Wildman–Crippen MR) is 168 cm³/mol. The van der Waals surface area contributed by atoms with Crippen LogP contribution >= 0.6 is 0 Å². The standard InChI is InChI=1S/C33H46N2O7Si/c1-24-20-35(31(38)34-29(24)37)30-28(36)33(40-22-26-16-11-8-12-17-26,18-13-19-41-43(5,6)32(2,3)4)27(42-30)23-39-21-25-14-9-7-10-15-25/h7-12,14-17,20,27-28,30,36H,13,18-19,21-23H2,1-6H3,(H,34,37,38)/t27-,28+,30-,33-/m1/s1. The summed E-state index contributed by atoms with van der Waals surface area (Å²) in [5, 5.41) is 12.1. The van der Waals surface area contributed by atoms with Crippen molar-refractivity contribution < 1.29 is 23.7 Å². The normalized spacial score (nSPS) is 22.6. The maximum atomic E-state index is 12.9. The van der Waals surface area contributed by atoms with Crippen LogP contribution < -0.4 is 11.2 Å². The fraction of sp³-hybridized carbons (Fsp3) is 0.515. The number of nitrogens with one attached hydrogen (secondary N) is 1. The molecule has 3 aromatic rings. The summed E-state index contributed by atoms with van der Waals surface area (Å²) in [5.41, 5.74) is -0.0932. The largest absolute Gasteiger partial charge is 0.417 e. The second kappa shape index (κ2) is 13.8. The molecule has 1 fully saturated rings. The summed E-state index contributed by atoms with van der Waals surface area (Å²) in [6.45, 7) is 13.8. The Morgan fingerprint density at radius 3 is 2.21 bits per heavy atom. The molecule has 2 aromatic carbocycles. The molecule has 0 unspecified atom stereocenters. The Morgan fingerprint density at radius 1 is 1.00 bits per heavy atom. The van der Waals surface area contributed by atoms with Crippen LogP contribution in [0.5, 0.6) is 0 Å². The van der Waals surface area contributed by atoms with Crippen LogP contribution in [0.15, 0.2) is 76.4 Å². The molecule has 1 aliphatic heterocycles. The fourth-order valence-electron chi connectivity index (χ4n) is 5.06. The molecular formula is C33H46N2O7Si. The van der Waals surface area contributed by atoms with Gasteiger partial charge >= 0.3 is 5.69 Å². The van der Waals surface area contributed by atoms with Gasteiger partial charge in [0.25, 0.3) is 5.56 Å². The summed E-state index contributed by atoms with van der Waals surface area (Å²) in [4.78, 5) is 27.4. The highest BCUT2D eigenvalue weighted by atomic mass is 28.4. The average Bonchev–Trinajstić information content (AvgIpc) is 3.23. The van der Waals surface area contributed by atoms with Crippen LogP contribution in [0.2, 0.25) is 18.1 Å². The number of aromatic nitrogens is 2. The molecule has 234 valence electrons. The van der Waals surface area contributed by atoms with E-state index in [-0.39, 0.29) is 18.3 Å². The van der Waals surface area contributed by atoms with Gasteiger partial charge in [-0.3, -0.25) is 14.3 Å². The molecule has 2 N–H and O–H groups in total. The molecule has 1 aromatic heterocycles. The van der Waals surface area contributed by atoms with E-state index in [1.165, 1.54) is 10.8 Å². The van der Waals surface area contributed by atoms with Crippen LogP contribution in [0.3, 0.4) is 0 Å². The number of nitrogens with zero attached hydrogens (tertiary/aromatic N) is 1. The lowest BCUT2D eigenvalue weighted by Gasteiger charge is -2.38. The summed E-state index contributed by atoms with van der Waals surface area (Å²) in [6, 6.07) is 19.5.